The van der Waals surface area contributed by atoms with Crippen LogP contribution in [0.4, 0.5) is 0 Å². The highest BCUT2D eigenvalue weighted by Crippen LogP contribution is 2.08. The number of aliphatic carboxylic acids is 1. The molecule has 3 N–H and O–H groups in total. The normalized spacial score (nSPS) is 13.9. The van der Waals surface area contributed by atoms with Gasteiger partial charge in [-0.2, -0.15) is 5.26 Å². The third-order valence-electron chi connectivity index (χ3n) is 3.40. The second kappa shape index (κ2) is 9.30. The molecule has 0 fully saturated rings. The van der Waals surface area contributed by atoms with E-state index >= 15 is 0 Å². The van der Waals surface area contributed by atoms with Gasteiger partial charge in [-0.1, -0.05) is 30.3 Å². The maximum absolute atomic E-state index is 12.4. The van der Waals surface area contributed by atoms with Gasteiger partial charge >= 0.3 is 5.97 Å². The van der Waals surface area contributed by atoms with Crippen LogP contribution in [0.3, 0.4) is 0 Å². The summed E-state index contributed by atoms with van der Waals surface area (Å²) in [6, 6.07) is 8.96. The molecule has 7 nitrogen and oxygen atoms in total. The van der Waals surface area contributed by atoms with Crippen LogP contribution in [0.15, 0.2) is 30.3 Å². The summed E-state index contributed by atoms with van der Waals surface area (Å²) < 4.78 is 0. The third kappa shape index (κ3) is 6.48. The van der Waals surface area contributed by atoms with Crippen LogP contribution in [0.5, 0.6) is 0 Å². The molecule has 128 valence electrons. The summed E-state index contributed by atoms with van der Waals surface area (Å²) in [5.41, 5.74) is 0.837. The predicted octanol–water partition coefficient (Wildman–Crippen LogP) is 0.853. The van der Waals surface area contributed by atoms with Crippen LogP contribution in [-0.4, -0.2) is 35.0 Å². The molecule has 0 aliphatic carbocycles. The fourth-order valence-electron chi connectivity index (χ4n) is 2.20. The Kier molecular flexibility index (Phi) is 7.43. The number of amides is 2. The molecule has 0 radical (unpaired) electrons. The molecule has 0 heterocycles. The number of rotatable bonds is 8. The molecule has 0 unspecified atom stereocenters. The monoisotopic (exact) mass is 331 g/mol. The largest absolute Gasteiger partial charge is 0.480 e. The molecule has 3 atom stereocenters. The zero-order chi connectivity index (χ0) is 18.1. The average Bonchev–Trinajstić information content (AvgIpc) is 2.53. The summed E-state index contributed by atoms with van der Waals surface area (Å²) in [6.07, 6.45) is 0.238. The van der Waals surface area contributed by atoms with Crippen LogP contribution >= 0.6 is 0 Å². The van der Waals surface area contributed by atoms with Crippen molar-refractivity contribution in [2.24, 2.45) is 5.92 Å². The summed E-state index contributed by atoms with van der Waals surface area (Å²) in [6.45, 7) is 2.87. The Hall–Kier alpha value is -2.88. The zero-order valence-electron chi connectivity index (χ0n) is 13.7. The van der Waals surface area contributed by atoms with E-state index in [9.17, 15) is 19.5 Å². The average molecular weight is 331 g/mol. The minimum Gasteiger partial charge on any atom is -0.480 e. The van der Waals surface area contributed by atoms with Crippen molar-refractivity contribution in [3.8, 4) is 6.07 Å². The fourth-order valence-corrected chi connectivity index (χ4v) is 2.20. The lowest BCUT2D eigenvalue weighted by Gasteiger charge is -2.21. The van der Waals surface area contributed by atoms with Gasteiger partial charge in [-0.3, -0.25) is 9.59 Å². The van der Waals surface area contributed by atoms with Crippen LogP contribution in [0, 0.1) is 17.2 Å². The molecular weight excluding hydrogens is 310 g/mol. The van der Waals surface area contributed by atoms with Crippen LogP contribution < -0.4 is 10.6 Å². The maximum Gasteiger partial charge on any atom is 0.326 e. The van der Waals surface area contributed by atoms with Gasteiger partial charge in [0.2, 0.25) is 11.8 Å². The van der Waals surface area contributed by atoms with Crippen LogP contribution in [0.1, 0.15) is 25.8 Å². The van der Waals surface area contributed by atoms with E-state index in [0.717, 1.165) is 5.56 Å². The first-order chi connectivity index (χ1) is 11.3. The van der Waals surface area contributed by atoms with E-state index in [1.54, 1.807) is 6.92 Å². The molecule has 2 amide bonds. The summed E-state index contributed by atoms with van der Waals surface area (Å²) in [5.74, 6) is -2.71. The molecule has 1 aromatic rings. The van der Waals surface area contributed by atoms with Gasteiger partial charge in [-0.05, 0) is 18.9 Å². The number of carbonyl (C=O) groups excluding carboxylic acids is 2. The number of nitrogens with zero attached hydrogens (tertiary/aromatic N) is 1. The Morgan fingerprint density at radius 2 is 1.79 bits per heavy atom. The maximum atomic E-state index is 12.4. The van der Waals surface area contributed by atoms with Crippen molar-refractivity contribution < 1.29 is 19.5 Å². The number of hydrogen-bond donors (Lipinski definition) is 3. The number of nitriles is 1. The number of carbonyl (C=O) groups is 3. The van der Waals surface area contributed by atoms with Crippen molar-refractivity contribution in [2.75, 3.05) is 0 Å². The van der Waals surface area contributed by atoms with Crippen molar-refractivity contribution in [3.63, 3.8) is 0 Å². The summed E-state index contributed by atoms with van der Waals surface area (Å²) in [5, 5.41) is 23.0. The zero-order valence-corrected chi connectivity index (χ0v) is 13.7. The summed E-state index contributed by atoms with van der Waals surface area (Å²) in [7, 11) is 0. The van der Waals surface area contributed by atoms with Crippen molar-refractivity contribution in [1.82, 2.24) is 10.6 Å². The van der Waals surface area contributed by atoms with E-state index < -0.39 is 29.9 Å². The summed E-state index contributed by atoms with van der Waals surface area (Å²) in [4.78, 5) is 35.0. The number of hydrogen-bond acceptors (Lipinski definition) is 4. The highest BCUT2D eigenvalue weighted by Gasteiger charge is 2.27. The molecule has 0 spiro atoms. The quantitative estimate of drug-likeness (QED) is 0.652. The van der Waals surface area contributed by atoms with Gasteiger partial charge in [-0.15, -0.1) is 0 Å². The minimum atomic E-state index is -1.22. The first-order valence-corrected chi connectivity index (χ1v) is 7.57. The topological polar surface area (TPSA) is 119 Å². The van der Waals surface area contributed by atoms with Crippen molar-refractivity contribution in [3.05, 3.63) is 35.9 Å². The van der Waals surface area contributed by atoms with Crippen molar-refractivity contribution in [2.45, 2.75) is 38.8 Å². The SMILES string of the molecule is CC(=O)N[C@H](Cc1ccccc1)C(=O)N[C@@H](C[C@H](C)C#N)C(=O)O. The molecule has 0 aromatic heterocycles. The molecule has 0 saturated carbocycles. The van der Waals surface area contributed by atoms with Gasteiger partial charge in [0, 0.05) is 19.3 Å². The Morgan fingerprint density at radius 3 is 2.29 bits per heavy atom. The first kappa shape index (κ1) is 19.2. The third-order valence-corrected chi connectivity index (χ3v) is 3.40. The predicted molar refractivity (Wildman–Crippen MR) is 86.7 cm³/mol. The van der Waals surface area contributed by atoms with E-state index in [1.807, 2.05) is 36.4 Å². The van der Waals surface area contributed by atoms with Gasteiger partial charge in [0.25, 0.3) is 0 Å². The lowest BCUT2D eigenvalue weighted by Crippen LogP contribution is -2.52. The smallest absolute Gasteiger partial charge is 0.326 e. The number of carboxylic acid groups (broad SMARTS) is 1. The molecule has 7 heteroatoms. The van der Waals surface area contributed by atoms with Crippen LogP contribution in [-0.2, 0) is 20.8 Å². The second-order valence-electron chi connectivity index (χ2n) is 5.61. The van der Waals surface area contributed by atoms with Crippen LogP contribution in [0.25, 0.3) is 0 Å². The molecule has 0 bridgehead atoms. The lowest BCUT2D eigenvalue weighted by atomic mass is 10.0. The molecule has 1 aromatic carbocycles. The van der Waals surface area contributed by atoms with Gasteiger partial charge in [0.05, 0.1) is 6.07 Å². The second-order valence-corrected chi connectivity index (χ2v) is 5.61. The Balaban J connectivity index is 2.84. The van der Waals surface area contributed by atoms with Crippen LogP contribution in [0.2, 0.25) is 0 Å². The Labute approximate surface area is 140 Å². The molecule has 0 aliphatic heterocycles. The molecule has 0 saturated heterocycles. The Bertz CT molecular complexity index is 624. The van der Waals surface area contributed by atoms with E-state index in [4.69, 9.17) is 5.26 Å². The number of benzene rings is 1. The molecule has 0 aliphatic rings. The standard InChI is InChI=1S/C17H21N3O4/c1-11(10-18)8-15(17(23)24)20-16(22)14(19-12(2)21)9-13-6-4-3-5-7-13/h3-7,11,14-15H,8-9H2,1-2H3,(H,19,21)(H,20,22)(H,23,24)/t11-,14+,15-/m0/s1. The highest BCUT2D eigenvalue weighted by molar-refractivity contribution is 5.90. The van der Waals surface area contributed by atoms with E-state index in [0.29, 0.717) is 0 Å². The van der Waals surface area contributed by atoms with Gasteiger partial charge in [0.15, 0.2) is 0 Å². The number of nitrogens with one attached hydrogen (secondary N) is 2. The lowest BCUT2D eigenvalue weighted by molar-refractivity contribution is -0.142. The van der Waals surface area contributed by atoms with Gasteiger partial charge in [0.1, 0.15) is 12.1 Å². The molecule has 1 rings (SSSR count). The van der Waals surface area contributed by atoms with Crippen molar-refractivity contribution >= 4 is 17.8 Å². The first-order valence-electron chi connectivity index (χ1n) is 7.57. The Morgan fingerprint density at radius 1 is 1.17 bits per heavy atom. The number of carboxylic acids is 1. The minimum absolute atomic E-state index is 0.00426. The van der Waals surface area contributed by atoms with E-state index in [2.05, 4.69) is 10.6 Å². The van der Waals surface area contributed by atoms with E-state index in [1.165, 1.54) is 6.92 Å². The van der Waals surface area contributed by atoms with E-state index in [-0.39, 0.29) is 18.7 Å². The highest BCUT2D eigenvalue weighted by atomic mass is 16.4. The van der Waals surface area contributed by atoms with Gasteiger partial charge in [-0.25, -0.2) is 4.79 Å². The molecule has 24 heavy (non-hydrogen) atoms. The van der Waals surface area contributed by atoms with Gasteiger partial charge < -0.3 is 15.7 Å². The molecular formula is C17H21N3O4. The van der Waals surface area contributed by atoms with Crippen molar-refractivity contribution in [1.29, 1.82) is 5.26 Å². The fraction of sp³-hybridized carbons (Fsp3) is 0.412. The summed E-state index contributed by atoms with van der Waals surface area (Å²) >= 11 is 0.